The summed E-state index contributed by atoms with van der Waals surface area (Å²) < 4.78 is 0. The van der Waals surface area contributed by atoms with Gasteiger partial charge < -0.3 is 0 Å². The van der Waals surface area contributed by atoms with Crippen LogP contribution >= 0.6 is 34.4 Å². The van der Waals surface area contributed by atoms with Gasteiger partial charge in [-0.25, -0.2) is 9.97 Å². The highest BCUT2D eigenvalue weighted by molar-refractivity contribution is 7.99. The molecule has 0 bridgehead atoms. The number of aryl methyl sites for hydroxylation is 1. The summed E-state index contributed by atoms with van der Waals surface area (Å²) in [7, 11) is 0. The Morgan fingerprint density at radius 2 is 2.35 bits per heavy atom. The number of hydrogen-bond acceptors (Lipinski definition) is 8. The molecule has 116 valence electrons. The second-order valence-corrected chi connectivity index (χ2v) is 7.37. The van der Waals surface area contributed by atoms with Crippen LogP contribution < -0.4 is 0 Å². The largest absolute Gasteiger partial charge is 0.297 e. The van der Waals surface area contributed by atoms with Crippen molar-refractivity contribution in [2.45, 2.75) is 18.0 Å². The summed E-state index contributed by atoms with van der Waals surface area (Å²) in [6, 6.07) is 5.92. The van der Waals surface area contributed by atoms with Crippen molar-refractivity contribution in [3.8, 4) is 16.8 Å². The first kappa shape index (κ1) is 15.9. The van der Waals surface area contributed by atoms with Gasteiger partial charge in [0.15, 0.2) is 17.5 Å². The molecule has 0 unspecified atom stereocenters. The van der Waals surface area contributed by atoms with E-state index in [2.05, 4.69) is 20.2 Å². The molecular weight excluding hydrogens is 350 g/mol. The van der Waals surface area contributed by atoms with Gasteiger partial charge in [-0.3, -0.25) is 9.89 Å². The molecule has 0 spiro atoms. The molecule has 1 N–H and O–H groups in total. The lowest BCUT2D eigenvalue weighted by atomic mass is 10.1. The van der Waals surface area contributed by atoms with Crippen molar-refractivity contribution in [1.29, 1.82) is 5.26 Å². The highest BCUT2D eigenvalue weighted by atomic mass is 32.2. The van der Waals surface area contributed by atoms with E-state index < -0.39 is 5.92 Å². The zero-order valence-corrected chi connectivity index (χ0v) is 14.5. The average Bonchev–Trinajstić information content (AvgIpc) is 3.27. The van der Waals surface area contributed by atoms with Gasteiger partial charge in [-0.1, -0.05) is 17.8 Å². The quantitative estimate of drug-likeness (QED) is 0.677. The van der Waals surface area contributed by atoms with Crippen LogP contribution in [-0.4, -0.2) is 31.7 Å². The number of thiazole rings is 1. The van der Waals surface area contributed by atoms with Crippen LogP contribution in [0.2, 0.25) is 0 Å². The summed E-state index contributed by atoms with van der Waals surface area (Å²) in [5.41, 5.74) is 0.820. The van der Waals surface area contributed by atoms with E-state index >= 15 is 0 Å². The zero-order valence-electron chi connectivity index (χ0n) is 12.0. The molecule has 0 aliphatic heterocycles. The Balaban J connectivity index is 1.63. The van der Waals surface area contributed by atoms with E-state index in [-0.39, 0.29) is 11.5 Å². The summed E-state index contributed by atoms with van der Waals surface area (Å²) in [5.74, 6) is -0.188. The number of aromatic amines is 1. The van der Waals surface area contributed by atoms with Crippen LogP contribution in [0.4, 0.5) is 0 Å². The maximum absolute atomic E-state index is 12.3. The van der Waals surface area contributed by atoms with Crippen molar-refractivity contribution >= 4 is 40.2 Å². The molecule has 1 atom stereocenters. The predicted octanol–water partition coefficient (Wildman–Crippen LogP) is 3.27. The number of H-pyrrole nitrogens is 1. The van der Waals surface area contributed by atoms with Crippen molar-refractivity contribution in [3.05, 3.63) is 33.6 Å². The number of aromatic nitrogens is 4. The molecular formula is C14H11N5OS3. The number of carbonyl (C=O) groups is 1. The van der Waals surface area contributed by atoms with Gasteiger partial charge in [0.05, 0.1) is 16.7 Å². The maximum atomic E-state index is 12.3. The smallest absolute Gasteiger partial charge is 0.209 e. The summed E-state index contributed by atoms with van der Waals surface area (Å²) in [6.07, 6.45) is 0. The van der Waals surface area contributed by atoms with Gasteiger partial charge >= 0.3 is 0 Å². The number of rotatable bonds is 6. The van der Waals surface area contributed by atoms with Gasteiger partial charge in [-0.2, -0.15) is 5.26 Å². The molecule has 23 heavy (non-hydrogen) atoms. The van der Waals surface area contributed by atoms with Crippen molar-refractivity contribution in [2.75, 3.05) is 5.75 Å². The number of nitrogens with zero attached hydrogens (tertiary/aromatic N) is 4. The van der Waals surface area contributed by atoms with Gasteiger partial charge in [0.2, 0.25) is 5.16 Å². The second-order valence-electron chi connectivity index (χ2n) is 4.59. The fraction of sp³-hybridized carbons (Fsp3) is 0.214. The molecule has 0 saturated carbocycles. The molecule has 6 nitrogen and oxygen atoms in total. The van der Waals surface area contributed by atoms with Gasteiger partial charge in [0.1, 0.15) is 5.01 Å². The molecule has 3 aromatic rings. The molecule has 0 aliphatic rings. The van der Waals surface area contributed by atoms with Crippen molar-refractivity contribution in [3.63, 3.8) is 0 Å². The van der Waals surface area contributed by atoms with Crippen LogP contribution in [0.5, 0.6) is 0 Å². The van der Waals surface area contributed by atoms with E-state index in [1.54, 1.807) is 11.3 Å². The van der Waals surface area contributed by atoms with Gasteiger partial charge in [0, 0.05) is 11.1 Å². The molecule has 0 fully saturated rings. The number of hydrogen-bond donors (Lipinski definition) is 1. The third-order valence-electron chi connectivity index (χ3n) is 2.90. The number of Topliss-reactive ketones (excluding diaryl/α,β-unsaturated/α-hetero) is 1. The fourth-order valence-corrected chi connectivity index (χ4v) is 4.05. The minimum absolute atomic E-state index is 0.137. The average molecular weight is 361 g/mol. The number of ketones is 1. The Kier molecular flexibility index (Phi) is 4.85. The van der Waals surface area contributed by atoms with E-state index in [4.69, 9.17) is 0 Å². The van der Waals surface area contributed by atoms with Crippen LogP contribution in [-0.2, 0) is 4.79 Å². The first-order valence-corrected chi connectivity index (χ1v) is 9.35. The summed E-state index contributed by atoms with van der Waals surface area (Å²) in [5, 5.41) is 21.0. The molecule has 0 aromatic carbocycles. The Morgan fingerprint density at radius 3 is 3.00 bits per heavy atom. The SMILES string of the molecule is Cc1csc([C@H](C#N)C(=O)CSc2n[nH]c(-c3cccs3)n2)n1. The molecule has 9 heteroatoms. The van der Waals surface area contributed by atoms with Crippen LogP contribution in [0.1, 0.15) is 16.6 Å². The Bertz CT molecular complexity index is 846. The third-order valence-corrected chi connectivity index (χ3v) is 5.67. The van der Waals surface area contributed by atoms with E-state index in [1.165, 1.54) is 23.1 Å². The Morgan fingerprint density at radius 1 is 1.48 bits per heavy atom. The molecule has 3 aromatic heterocycles. The second kappa shape index (κ2) is 7.04. The minimum atomic E-state index is -0.822. The standard InChI is InChI=1S/C14H11N5OS3/c1-8-6-22-13(16-8)9(5-15)10(20)7-23-14-17-12(18-19-14)11-3-2-4-21-11/h2-4,6,9H,7H2,1H3,(H,17,18,19)/t9-/m1/s1. The number of nitriles is 1. The lowest BCUT2D eigenvalue weighted by Crippen LogP contribution is -2.13. The molecule has 0 aliphatic carbocycles. The highest BCUT2D eigenvalue weighted by Crippen LogP contribution is 2.26. The van der Waals surface area contributed by atoms with Crippen LogP contribution in [0.3, 0.4) is 0 Å². The molecule has 3 heterocycles. The molecule has 0 saturated heterocycles. The lowest BCUT2D eigenvalue weighted by molar-refractivity contribution is -0.116. The Hall–Kier alpha value is -2.02. The first-order valence-electron chi connectivity index (χ1n) is 6.61. The third kappa shape index (κ3) is 3.67. The zero-order chi connectivity index (χ0) is 16.2. The van der Waals surface area contributed by atoms with E-state index in [0.717, 1.165) is 10.6 Å². The monoisotopic (exact) mass is 361 g/mol. The van der Waals surface area contributed by atoms with Crippen LogP contribution in [0.25, 0.3) is 10.7 Å². The van der Waals surface area contributed by atoms with Crippen molar-refractivity contribution in [2.24, 2.45) is 0 Å². The fourth-order valence-electron chi connectivity index (χ4n) is 1.82. The first-order chi connectivity index (χ1) is 11.2. The summed E-state index contributed by atoms with van der Waals surface area (Å²) in [4.78, 5) is 21.8. The summed E-state index contributed by atoms with van der Waals surface area (Å²) >= 11 is 4.12. The minimum Gasteiger partial charge on any atom is -0.297 e. The predicted molar refractivity (Wildman–Crippen MR) is 90.6 cm³/mol. The van der Waals surface area contributed by atoms with Gasteiger partial charge in [-0.05, 0) is 18.4 Å². The van der Waals surface area contributed by atoms with E-state index in [0.29, 0.717) is 16.0 Å². The number of nitrogens with one attached hydrogen (secondary N) is 1. The molecule has 0 radical (unpaired) electrons. The van der Waals surface area contributed by atoms with Crippen LogP contribution in [0.15, 0.2) is 28.0 Å². The number of thiophene rings is 1. The van der Waals surface area contributed by atoms with Gasteiger partial charge in [-0.15, -0.1) is 27.8 Å². The van der Waals surface area contributed by atoms with Crippen molar-refractivity contribution < 1.29 is 4.79 Å². The topological polar surface area (TPSA) is 95.3 Å². The van der Waals surface area contributed by atoms with Crippen molar-refractivity contribution in [1.82, 2.24) is 20.2 Å². The van der Waals surface area contributed by atoms with E-state index in [9.17, 15) is 10.1 Å². The van der Waals surface area contributed by atoms with E-state index in [1.807, 2.05) is 35.9 Å². The lowest BCUT2D eigenvalue weighted by Gasteiger charge is -2.03. The van der Waals surface area contributed by atoms with Gasteiger partial charge in [0.25, 0.3) is 0 Å². The molecule has 0 amide bonds. The summed E-state index contributed by atoms with van der Waals surface area (Å²) in [6.45, 7) is 1.84. The highest BCUT2D eigenvalue weighted by Gasteiger charge is 2.23. The number of thioether (sulfide) groups is 1. The maximum Gasteiger partial charge on any atom is 0.209 e. The molecule has 3 rings (SSSR count). The number of carbonyl (C=O) groups excluding carboxylic acids is 1. The van der Waals surface area contributed by atoms with Crippen LogP contribution in [0, 0.1) is 18.3 Å². The normalized spacial score (nSPS) is 12.0. The Labute approximate surface area is 144 Å².